The topological polar surface area (TPSA) is 117 Å². The molecule has 0 saturated heterocycles. The van der Waals surface area contributed by atoms with Crippen LogP contribution in [-0.4, -0.2) is 43.2 Å². The Morgan fingerprint density at radius 2 is 2.00 bits per heavy atom. The molecule has 0 unspecified atom stereocenters. The highest BCUT2D eigenvalue weighted by Crippen LogP contribution is 2.29. The number of imidazole rings is 1. The second kappa shape index (κ2) is 7.67. The van der Waals surface area contributed by atoms with E-state index in [9.17, 15) is 13.2 Å². The number of fused-ring (bicyclic) bond motifs is 1. The molecule has 0 atom stereocenters. The molecule has 0 aliphatic rings. The SMILES string of the molecule is Cc1nn(C)c(-n2cc(Cl)c3cccnc32)c1C=CC(=O)NS(=O)(=O)c1cn(C)cn1. The van der Waals surface area contributed by atoms with E-state index in [2.05, 4.69) is 15.1 Å². The standard InChI is InChI=1S/C19H18ClN7O3S/c1-12-13(6-7-16(28)24-31(29,30)17-10-25(2)11-22-17)19(26(3)23-12)27-9-15(20)14-5-4-8-21-18(14)27/h4-11H,1-3H3,(H,24,28). The predicted octanol–water partition coefficient (Wildman–Crippen LogP) is 1.97. The summed E-state index contributed by atoms with van der Waals surface area (Å²) in [6, 6.07) is 3.65. The molecule has 0 fully saturated rings. The Morgan fingerprint density at radius 3 is 2.71 bits per heavy atom. The number of rotatable bonds is 5. The van der Waals surface area contributed by atoms with Gasteiger partial charge >= 0.3 is 0 Å². The Hall–Kier alpha value is -3.44. The number of hydrogen-bond acceptors (Lipinski definition) is 6. The van der Waals surface area contributed by atoms with Crippen LogP contribution in [0.2, 0.25) is 5.02 Å². The lowest BCUT2D eigenvalue weighted by atomic mass is 10.2. The molecule has 10 nitrogen and oxygen atoms in total. The average Bonchev–Trinajstić information content (AvgIpc) is 3.36. The number of nitrogens with one attached hydrogen (secondary N) is 1. The van der Waals surface area contributed by atoms with E-state index in [0.29, 0.717) is 27.7 Å². The van der Waals surface area contributed by atoms with Crippen LogP contribution in [0.25, 0.3) is 22.9 Å². The van der Waals surface area contributed by atoms with Gasteiger partial charge in [0.1, 0.15) is 11.5 Å². The van der Waals surface area contributed by atoms with Gasteiger partial charge in [-0.2, -0.15) is 13.5 Å². The van der Waals surface area contributed by atoms with Gasteiger partial charge in [-0.3, -0.25) is 14.0 Å². The van der Waals surface area contributed by atoms with Crippen LogP contribution in [0.4, 0.5) is 0 Å². The van der Waals surface area contributed by atoms with Crippen molar-refractivity contribution < 1.29 is 13.2 Å². The maximum atomic E-state index is 12.3. The summed E-state index contributed by atoms with van der Waals surface area (Å²) < 4.78 is 31.5. The maximum Gasteiger partial charge on any atom is 0.283 e. The first-order chi connectivity index (χ1) is 14.7. The monoisotopic (exact) mass is 459 g/mol. The molecule has 0 aliphatic carbocycles. The Bertz CT molecular complexity index is 1450. The molecule has 12 heteroatoms. The fourth-order valence-electron chi connectivity index (χ4n) is 3.23. The van der Waals surface area contributed by atoms with Crippen molar-refractivity contribution in [1.82, 2.24) is 33.6 Å². The number of amides is 1. The molecule has 1 amide bonds. The van der Waals surface area contributed by atoms with Crippen molar-refractivity contribution in [1.29, 1.82) is 0 Å². The summed E-state index contributed by atoms with van der Waals surface area (Å²) in [6.07, 6.45) is 8.65. The molecule has 1 N–H and O–H groups in total. The van der Waals surface area contributed by atoms with E-state index in [0.717, 1.165) is 11.5 Å². The summed E-state index contributed by atoms with van der Waals surface area (Å²) in [6.45, 7) is 1.78. The van der Waals surface area contributed by atoms with E-state index in [1.54, 1.807) is 48.7 Å². The van der Waals surface area contributed by atoms with Gasteiger partial charge in [-0.25, -0.2) is 14.7 Å². The molecule has 0 aromatic carbocycles. The first-order valence-corrected chi connectivity index (χ1v) is 10.9. The molecule has 4 heterocycles. The molecule has 0 aliphatic heterocycles. The molecule has 160 valence electrons. The van der Waals surface area contributed by atoms with Crippen molar-refractivity contribution >= 4 is 44.6 Å². The van der Waals surface area contributed by atoms with Crippen molar-refractivity contribution in [2.75, 3.05) is 0 Å². The van der Waals surface area contributed by atoms with Gasteiger partial charge < -0.3 is 4.57 Å². The van der Waals surface area contributed by atoms with Crippen LogP contribution in [0.15, 0.2) is 48.2 Å². The minimum atomic E-state index is -4.07. The lowest BCUT2D eigenvalue weighted by molar-refractivity contribution is -0.114. The van der Waals surface area contributed by atoms with Gasteiger partial charge in [0.05, 0.1) is 17.0 Å². The molecule has 31 heavy (non-hydrogen) atoms. The first-order valence-electron chi connectivity index (χ1n) is 9.06. The zero-order valence-electron chi connectivity index (χ0n) is 16.8. The van der Waals surface area contributed by atoms with Gasteiger partial charge in [0.2, 0.25) is 0 Å². The van der Waals surface area contributed by atoms with Crippen molar-refractivity contribution in [3.05, 3.63) is 59.4 Å². The summed E-state index contributed by atoms with van der Waals surface area (Å²) in [5.41, 5.74) is 1.89. The normalized spacial score (nSPS) is 12.1. The molecule has 4 rings (SSSR count). The number of aryl methyl sites for hydroxylation is 3. The number of hydrogen-bond donors (Lipinski definition) is 1. The minimum absolute atomic E-state index is 0.241. The van der Waals surface area contributed by atoms with Gasteiger partial charge in [-0.05, 0) is 25.1 Å². The first kappa shape index (κ1) is 20.8. The van der Waals surface area contributed by atoms with Crippen molar-refractivity contribution in [3.63, 3.8) is 0 Å². The van der Waals surface area contributed by atoms with E-state index in [1.165, 1.54) is 23.2 Å². The van der Waals surface area contributed by atoms with Crippen molar-refractivity contribution in [2.24, 2.45) is 14.1 Å². The Labute approximate surface area is 182 Å². The van der Waals surface area contributed by atoms with E-state index in [4.69, 9.17) is 11.6 Å². The third kappa shape index (κ3) is 3.84. The molecule has 0 bridgehead atoms. The lowest BCUT2D eigenvalue weighted by Gasteiger charge is -2.07. The van der Waals surface area contributed by atoms with E-state index < -0.39 is 15.9 Å². The highest BCUT2D eigenvalue weighted by atomic mass is 35.5. The van der Waals surface area contributed by atoms with Gasteiger partial charge in [-0.1, -0.05) is 11.6 Å². The molecular weight excluding hydrogens is 442 g/mol. The number of aromatic nitrogens is 6. The smallest absolute Gasteiger partial charge is 0.283 e. The Balaban J connectivity index is 1.68. The number of nitrogens with zero attached hydrogens (tertiary/aromatic N) is 6. The third-order valence-corrected chi connectivity index (χ3v) is 6.11. The maximum absolute atomic E-state index is 12.3. The Morgan fingerprint density at radius 1 is 1.23 bits per heavy atom. The number of carbonyl (C=O) groups is 1. The summed E-state index contributed by atoms with van der Waals surface area (Å²) in [4.78, 5) is 20.5. The minimum Gasteiger partial charge on any atom is -0.339 e. The summed E-state index contributed by atoms with van der Waals surface area (Å²) in [5, 5.41) is 5.48. The fraction of sp³-hybridized carbons (Fsp3) is 0.158. The van der Waals surface area contributed by atoms with Crippen molar-refractivity contribution in [3.8, 4) is 5.82 Å². The van der Waals surface area contributed by atoms with Crippen LogP contribution in [-0.2, 0) is 28.9 Å². The van der Waals surface area contributed by atoms with Crippen LogP contribution < -0.4 is 4.72 Å². The van der Waals surface area contributed by atoms with E-state index in [1.807, 2.05) is 10.8 Å². The van der Waals surface area contributed by atoms with Crippen molar-refractivity contribution in [2.45, 2.75) is 11.9 Å². The Kier molecular flexibility index (Phi) is 5.15. The number of carbonyl (C=O) groups excluding carboxylic acids is 1. The molecule has 0 saturated carbocycles. The zero-order valence-corrected chi connectivity index (χ0v) is 18.4. The van der Waals surface area contributed by atoms with E-state index >= 15 is 0 Å². The molecular formula is C19H18ClN7O3S. The fourth-order valence-corrected chi connectivity index (χ4v) is 4.40. The number of halogens is 1. The molecule has 4 aromatic heterocycles. The number of sulfonamides is 1. The van der Waals surface area contributed by atoms with Gasteiger partial charge in [0, 0.05) is 49.7 Å². The number of pyridine rings is 1. The molecule has 0 spiro atoms. The average molecular weight is 460 g/mol. The highest BCUT2D eigenvalue weighted by molar-refractivity contribution is 7.90. The highest BCUT2D eigenvalue weighted by Gasteiger charge is 2.20. The van der Waals surface area contributed by atoms with Crippen LogP contribution in [0, 0.1) is 6.92 Å². The van der Waals surface area contributed by atoms with Gasteiger partial charge in [0.15, 0.2) is 5.03 Å². The predicted molar refractivity (Wildman–Crippen MR) is 115 cm³/mol. The summed E-state index contributed by atoms with van der Waals surface area (Å²) in [5.74, 6) is -0.182. The second-order valence-corrected chi connectivity index (χ2v) is 8.88. The van der Waals surface area contributed by atoms with Crippen LogP contribution in [0.1, 0.15) is 11.3 Å². The third-order valence-electron chi connectivity index (χ3n) is 4.57. The van der Waals surface area contributed by atoms with Gasteiger partial charge in [-0.15, -0.1) is 0 Å². The quantitative estimate of drug-likeness (QED) is 0.456. The van der Waals surface area contributed by atoms with Crippen LogP contribution in [0.3, 0.4) is 0 Å². The van der Waals surface area contributed by atoms with Gasteiger partial charge in [0.25, 0.3) is 15.9 Å². The molecule has 4 aromatic rings. The largest absolute Gasteiger partial charge is 0.339 e. The summed E-state index contributed by atoms with van der Waals surface area (Å²) >= 11 is 6.35. The van der Waals surface area contributed by atoms with Crippen LogP contribution >= 0.6 is 11.6 Å². The lowest BCUT2D eigenvalue weighted by Crippen LogP contribution is -2.29. The van der Waals surface area contributed by atoms with E-state index in [-0.39, 0.29) is 5.03 Å². The zero-order chi connectivity index (χ0) is 22.3. The second-order valence-electron chi connectivity index (χ2n) is 6.85. The molecule has 0 radical (unpaired) electrons. The summed E-state index contributed by atoms with van der Waals surface area (Å²) in [7, 11) is -0.683. The van der Waals surface area contributed by atoms with Crippen LogP contribution in [0.5, 0.6) is 0 Å².